The van der Waals surface area contributed by atoms with Crippen molar-refractivity contribution in [3.8, 4) is 11.5 Å². The predicted octanol–water partition coefficient (Wildman–Crippen LogP) is 2.77. The molecule has 2 heterocycles. The van der Waals surface area contributed by atoms with Crippen molar-refractivity contribution in [1.29, 1.82) is 0 Å². The first-order valence-corrected chi connectivity index (χ1v) is 8.00. The number of aromatic nitrogens is 3. The lowest BCUT2D eigenvalue weighted by Gasteiger charge is -2.07. The molecule has 0 atom stereocenters. The monoisotopic (exact) mass is 344 g/mol. The summed E-state index contributed by atoms with van der Waals surface area (Å²) in [5.74, 6) is 1.28. The van der Waals surface area contributed by atoms with Gasteiger partial charge in [-0.15, -0.1) is 16.4 Å². The van der Waals surface area contributed by atoms with Gasteiger partial charge in [0.1, 0.15) is 11.5 Å². The molecule has 1 aromatic carbocycles. The number of anilines is 1. The number of ether oxygens (including phenoxy) is 2. The molecular formula is C16H16N4O3S. The Kier molecular flexibility index (Phi) is 4.48. The molecule has 0 radical (unpaired) electrons. The van der Waals surface area contributed by atoms with Gasteiger partial charge in [0, 0.05) is 17.0 Å². The maximum absolute atomic E-state index is 12.1. The number of hydrogen-bond donors (Lipinski definition) is 1. The van der Waals surface area contributed by atoms with Gasteiger partial charge in [-0.1, -0.05) is 0 Å². The largest absolute Gasteiger partial charge is 0.497 e. The average Bonchev–Trinajstić information content (AvgIpc) is 3.14. The number of rotatable bonds is 5. The molecule has 2 aromatic heterocycles. The zero-order valence-corrected chi connectivity index (χ0v) is 14.3. The van der Waals surface area contributed by atoms with Crippen LogP contribution in [0.4, 0.5) is 5.95 Å². The standard InChI is InChI=1S/C16H16N4O3S/c1-10-9-24-16-18-15(19-20(10)16)17-14(21)7-4-11-8-12(22-2)5-6-13(11)23-3/h4-9H,1-3H3,(H,17,19,21)/b7-4+. The Bertz CT molecular complexity index is 913. The van der Waals surface area contributed by atoms with Crippen LogP contribution in [0.2, 0.25) is 0 Å². The molecule has 0 saturated heterocycles. The minimum Gasteiger partial charge on any atom is -0.497 e. The Hall–Kier alpha value is -2.87. The number of nitrogens with zero attached hydrogens (tertiary/aromatic N) is 3. The van der Waals surface area contributed by atoms with Gasteiger partial charge in [0.15, 0.2) is 0 Å². The number of benzene rings is 1. The summed E-state index contributed by atoms with van der Waals surface area (Å²) in [7, 11) is 3.16. The first-order chi connectivity index (χ1) is 11.6. The summed E-state index contributed by atoms with van der Waals surface area (Å²) < 4.78 is 12.1. The third-order valence-electron chi connectivity index (χ3n) is 3.33. The summed E-state index contributed by atoms with van der Waals surface area (Å²) in [5.41, 5.74) is 1.71. The fourth-order valence-corrected chi connectivity index (χ4v) is 2.93. The summed E-state index contributed by atoms with van der Waals surface area (Å²) in [4.78, 5) is 17.1. The van der Waals surface area contributed by atoms with E-state index < -0.39 is 0 Å². The second-order valence-corrected chi connectivity index (χ2v) is 5.77. The summed E-state index contributed by atoms with van der Waals surface area (Å²) in [6.45, 7) is 1.93. The molecule has 0 aliphatic carbocycles. The van der Waals surface area contributed by atoms with E-state index in [4.69, 9.17) is 9.47 Å². The number of hydrogen-bond acceptors (Lipinski definition) is 6. The molecule has 0 unspecified atom stereocenters. The third kappa shape index (κ3) is 3.23. The molecule has 1 amide bonds. The van der Waals surface area contributed by atoms with Crippen LogP contribution in [0.15, 0.2) is 29.7 Å². The Labute approximate surface area is 142 Å². The van der Waals surface area contributed by atoms with Crippen LogP contribution in [0, 0.1) is 6.92 Å². The van der Waals surface area contributed by atoms with E-state index in [-0.39, 0.29) is 11.9 Å². The van der Waals surface area contributed by atoms with Crippen LogP contribution in [0.3, 0.4) is 0 Å². The lowest BCUT2D eigenvalue weighted by molar-refractivity contribution is -0.111. The first-order valence-electron chi connectivity index (χ1n) is 7.12. The fraction of sp³-hybridized carbons (Fsp3) is 0.188. The van der Waals surface area contributed by atoms with Crippen molar-refractivity contribution in [2.75, 3.05) is 19.5 Å². The lowest BCUT2D eigenvalue weighted by atomic mass is 10.1. The van der Waals surface area contributed by atoms with Crippen molar-refractivity contribution in [3.05, 3.63) is 40.9 Å². The number of amides is 1. The van der Waals surface area contributed by atoms with Crippen molar-refractivity contribution in [2.45, 2.75) is 6.92 Å². The van der Waals surface area contributed by atoms with Crippen LogP contribution in [0.1, 0.15) is 11.3 Å². The molecule has 3 aromatic rings. The molecule has 0 saturated carbocycles. The number of thiazole rings is 1. The molecule has 1 N–H and O–H groups in total. The Morgan fingerprint density at radius 2 is 2.17 bits per heavy atom. The minimum absolute atomic E-state index is 0.275. The average molecular weight is 344 g/mol. The van der Waals surface area contributed by atoms with Crippen LogP contribution >= 0.6 is 11.3 Å². The highest BCUT2D eigenvalue weighted by Gasteiger charge is 2.09. The van der Waals surface area contributed by atoms with Crippen molar-refractivity contribution in [2.24, 2.45) is 0 Å². The van der Waals surface area contributed by atoms with Gasteiger partial charge in [0.25, 0.3) is 11.9 Å². The highest BCUT2D eigenvalue weighted by Crippen LogP contribution is 2.25. The van der Waals surface area contributed by atoms with Gasteiger partial charge in [-0.3, -0.25) is 10.1 Å². The fourth-order valence-electron chi connectivity index (χ4n) is 2.13. The quantitative estimate of drug-likeness (QED) is 0.720. The molecule has 7 nitrogen and oxygen atoms in total. The topological polar surface area (TPSA) is 77.8 Å². The molecule has 124 valence electrons. The van der Waals surface area contributed by atoms with Crippen LogP contribution in [0.25, 0.3) is 11.0 Å². The van der Waals surface area contributed by atoms with E-state index in [1.807, 2.05) is 12.3 Å². The molecule has 0 aliphatic heterocycles. The molecule has 3 rings (SSSR count). The van der Waals surface area contributed by atoms with E-state index in [2.05, 4.69) is 15.4 Å². The number of nitrogens with one attached hydrogen (secondary N) is 1. The van der Waals surface area contributed by atoms with Gasteiger partial charge in [-0.2, -0.15) is 4.98 Å². The van der Waals surface area contributed by atoms with E-state index in [0.717, 1.165) is 16.2 Å². The smallest absolute Gasteiger partial charge is 0.250 e. The molecule has 8 heteroatoms. The van der Waals surface area contributed by atoms with Crippen molar-refractivity contribution >= 4 is 34.2 Å². The van der Waals surface area contributed by atoms with Gasteiger partial charge in [0.05, 0.1) is 19.9 Å². The maximum atomic E-state index is 12.1. The zero-order valence-electron chi connectivity index (χ0n) is 13.4. The van der Waals surface area contributed by atoms with E-state index in [0.29, 0.717) is 11.5 Å². The molecule has 0 aliphatic rings. The van der Waals surface area contributed by atoms with Crippen LogP contribution in [-0.2, 0) is 4.79 Å². The minimum atomic E-state index is -0.323. The van der Waals surface area contributed by atoms with E-state index in [1.54, 1.807) is 43.0 Å². The van der Waals surface area contributed by atoms with E-state index in [9.17, 15) is 4.79 Å². The van der Waals surface area contributed by atoms with Crippen LogP contribution in [0.5, 0.6) is 11.5 Å². The predicted molar refractivity (Wildman–Crippen MR) is 92.8 cm³/mol. The summed E-state index contributed by atoms with van der Waals surface area (Å²) in [5, 5.41) is 8.83. The zero-order chi connectivity index (χ0) is 17.1. The van der Waals surface area contributed by atoms with Gasteiger partial charge in [0.2, 0.25) is 4.96 Å². The molecular weight excluding hydrogens is 328 g/mol. The Morgan fingerprint density at radius 3 is 2.88 bits per heavy atom. The number of fused-ring (bicyclic) bond motifs is 1. The first kappa shape index (κ1) is 16.0. The highest BCUT2D eigenvalue weighted by atomic mass is 32.1. The van der Waals surface area contributed by atoms with Crippen molar-refractivity contribution < 1.29 is 14.3 Å². The second kappa shape index (κ2) is 6.71. The Morgan fingerprint density at radius 1 is 1.33 bits per heavy atom. The third-order valence-corrected chi connectivity index (χ3v) is 4.27. The normalized spacial score (nSPS) is 11.1. The molecule has 0 fully saturated rings. The number of aryl methyl sites for hydroxylation is 1. The van der Waals surface area contributed by atoms with Gasteiger partial charge < -0.3 is 9.47 Å². The van der Waals surface area contributed by atoms with E-state index in [1.165, 1.54) is 17.4 Å². The number of methoxy groups -OCH3 is 2. The second-order valence-electron chi connectivity index (χ2n) is 4.94. The van der Waals surface area contributed by atoms with Crippen LogP contribution < -0.4 is 14.8 Å². The SMILES string of the molecule is COc1ccc(OC)c(/C=C/C(=O)Nc2nc3scc(C)n3n2)c1. The number of carbonyl (C=O) groups excluding carboxylic acids is 1. The summed E-state index contributed by atoms with van der Waals surface area (Å²) >= 11 is 1.47. The van der Waals surface area contributed by atoms with Gasteiger partial charge >= 0.3 is 0 Å². The summed E-state index contributed by atoms with van der Waals surface area (Å²) in [6.07, 6.45) is 3.06. The Balaban J connectivity index is 1.75. The van der Waals surface area contributed by atoms with Crippen molar-refractivity contribution in [3.63, 3.8) is 0 Å². The highest BCUT2D eigenvalue weighted by molar-refractivity contribution is 7.15. The van der Waals surface area contributed by atoms with E-state index >= 15 is 0 Å². The van der Waals surface area contributed by atoms with Gasteiger partial charge in [-0.05, 0) is 31.2 Å². The lowest BCUT2D eigenvalue weighted by Crippen LogP contribution is -2.09. The van der Waals surface area contributed by atoms with Gasteiger partial charge in [-0.25, -0.2) is 4.52 Å². The molecule has 0 bridgehead atoms. The van der Waals surface area contributed by atoms with Crippen molar-refractivity contribution in [1.82, 2.24) is 14.6 Å². The summed E-state index contributed by atoms with van der Waals surface area (Å²) in [6, 6.07) is 5.36. The maximum Gasteiger partial charge on any atom is 0.250 e. The molecule has 0 spiro atoms. The van der Waals surface area contributed by atoms with Crippen LogP contribution in [-0.4, -0.2) is 34.7 Å². The number of carbonyl (C=O) groups is 1. The molecule has 24 heavy (non-hydrogen) atoms.